The summed E-state index contributed by atoms with van der Waals surface area (Å²) < 4.78 is 113. The summed E-state index contributed by atoms with van der Waals surface area (Å²) in [7, 11) is -3.98. The molecule has 5 rings (SSSR count). The number of sulfonamides is 1. The lowest BCUT2D eigenvalue weighted by molar-refractivity contribution is -0.376. The number of aliphatic hydroxyl groups is 2. The number of piperazine rings is 1. The monoisotopic (exact) mass is 618 g/mol. The van der Waals surface area contributed by atoms with Crippen molar-refractivity contribution >= 4 is 27.3 Å². The van der Waals surface area contributed by atoms with E-state index in [1.54, 1.807) is 0 Å². The van der Waals surface area contributed by atoms with E-state index in [0.717, 1.165) is 11.3 Å². The molecule has 0 aromatic carbocycles. The minimum atomic E-state index is -6.09. The highest BCUT2D eigenvalue weighted by Crippen LogP contribution is 2.49. The predicted octanol–water partition coefficient (Wildman–Crippen LogP) is 0.959. The summed E-state index contributed by atoms with van der Waals surface area (Å²) in [5.41, 5.74) is -6.78. The molecule has 0 saturated carbocycles. The van der Waals surface area contributed by atoms with Gasteiger partial charge in [0, 0.05) is 61.8 Å². The molecule has 2 aromatic rings. The Kier molecular flexibility index (Phi) is 7.54. The number of rotatable bonds is 6. The van der Waals surface area contributed by atoms with Gasteiger partial charge in [-0.05, 0) is 6.42 Å². The Labute approximate surface area is 228 Å². The number of nitrogens with zero attached hydrogens (tertiary/aromatic N) is 6. The molecule has 2 bridgehead atoms. The number of halogens is 6. The first-order chi connectivity index (χ1) is 18.6. The van der Waals surface area contributed by atoms with Gasteiger partial charge in [-0.15, -0.1) is 11.3 Å². The van der Waals surface area contributed by atoms with Crippen molar-refractivity contribution in [2.45, 2.75) is 52.9 Å². The molecular weight excluding hydrogens is 594 g/mol. The van der Waals surface area contributed by atoms with E-state index in [1.165, 1.54) is 20.8 Å². The van der Waals surface area contributed by atoms with Crippen LogP contribution in [-0.2, 0) is 20.4 Å². The summed E-state index contributed by atoms with van der Waals surface area (Å²) in [4.78, 5) is 14.8. The number of anilines is 1. The van der Waals surface area contributed by atoms with Crippen molar-refractivity contribution in [3.05, 3.63) is 29.5 Å². The van der Waals surface area contributed by atoms with E-state index in [0.29, 0.717) is 13.0 Å². The van der Waals surface area contributed by atoms with Gasteiger partial charge in [-0.3, -0.25) is 4.90 Å². The van der Waals surface area contributed by atoms with Gasteiger partial charge in [0.05, 0.1) is 31.4 Å². The Hall–Kier alpha value is -2.16. The highest BCUT2D eigenvalue weighted by molar-refractivity contribution is 7.91. The second-order valence-electron chi connectivity index (χ2n) is 9.74. The molecule has 19 heteroatoms. The number of alkyl halides is 6. The zero-order valence-electron chi connectivity index (χ0n) is 20.5. The first kappa shape index (κ1) is 29.3. The fourth-order valence-electron chi connectivity index (χ4n) is 5.34. The molecule has 0 amide bonds. The lowest BCUT2D eigenvalue weighted by Gasteiger charge is -2.44. The third kappa shape index (κ3) is 4.94. The molecule has 2 aromatic heterocycles. The summed E-state index contributed by atoms with van der Waals surface area (Å²) >= 11 is 0.930. The summed E-state index contributed by atoms with van der Waals surface area (Å²) in [5.74, 6) is -0.243. The fraction of sp³-hybridized carbons (Fsp3) is 0.667. The topological polar surface area (TPSA) is 132 Å². The number of ether oxygens (including phenoxy) is 1. The molecule has 3 aliphatic heterocycles. The van der Waals surface area contributed by atoms with E-state index < -0.39 is 45.7 Å². The highest BCUT2D eigenvalue weighted by atomic mass is 32.2. The van der Waals surface area contributed by atoms with E-state index in [4.69, 9.17) is 4.74 Å². The first-order valence-electron chi connectivity index (χ1n) is 12.0. The molecule has 0 spiro atoms. The maximum Gasteiger partial charge on any atom is 0.430 e. The molecule has 4 atom stereocenters. The van der Waals surface area contributed by atoms with Gasteiger partial charge in [-0.25, -0.2) is 23.4 Å². The van der Waals surface area contributed by atoms with Gasteiger partial charge in [0.25, 0.3) is 15.6 Å². The van der Waals surface area contributed by atoms with Gasteiger partial charge in [0.2, 0.25) is 10.3 Å². The number of fused-ring (bicyclic) bond motifs is 2. The largest absolute Gasteiger partial charge is 0.430 e. The number of aromatic nitrogens is 3. The molecule has 2 N–H and O–H groups in total. The number of morpholine rings is 1. The molecule has 3 fully saturated rings. The van der Waals surface area contributed by atoms with Crippen LogP contribution >= 0.6 is 11.3 Å². The quantitative estimate of drug-likeness (QED) is 0.452. The molecule has 1 unspecified atom stereocenters. The smallest absolute Gasteiger partial charge is 0.391 e. The van der Waals surface area contributed by atoms with Gasteiger partial charge < -0.3 is 19.8 Å². The van der Waals surface area contributed by atoms with Crippen LogP contribution in [-0.4, -0.2) is 119 Å². The van der Waals surface area contributed by atoms with Crippen molar-refractivity contribution in [3.8, 4) is 0 Å². The Morgan fingerprint density at radius 2 is 1.73 bits per heavy atom. The van der Waals surface area contributed by atoms with Crippen LogP contribution in [0.1, 0.15) is 12.0 Å². The molecule has 0 aliphatic carbocycles. The SMILES string of the molecule is O=S(=O)(c1nccs1)N1CCN(c2ncc(C(O)(C(F)(F)F)C(F)(F)F)cn2)[C@@H](CN2[C@@H]3COC[C@H]2C(O)C3)C1. The van der Waals surface area contributed by atoms with Gasteiger partial charge in [-0.1, -0.05) is 0 Å². The van der Waals surface area contributed by atoms with Gasteiger partial charge in [-0.2, -0.15) is 30.6 Å². The maximum atomic E-state index is 13.3. The van der Waals surface area contributed by atoms with E-state index >= 15 is 0 Å². The average Bonchev–Trinajstić information content (AvgIpc) is 3.48. The lowest BCUT2D eigenvalue weighted by atomic mass is 9.95. The van der Waals surface area contributed by atoms with Crippen LogP contribution in [0.4, 0.5) is 32.3 Å². The Bertz CT molecular complexity index is 1280. The molecule has 222 valence electrons. The third-order valence-electron chi connectivity index (χ3n) is 7.42. The number of hydrogen-bond donors (Lipinski definition) is 2. The summed E-state index contributed by atoms with van der Waals surface area (Å²) in [6.45, 7) is 0.510. The van der Waals surface area contributed by atoms with Crippen molar-refractivity contribution in [2.75, 3.05) is 44.3 Å². The molecule has 5 heterocycles. The van der Waals surface area contributed by atoms with Crippen molar-refractivity contribution in [3.63, 3.8) is 0 Å². The molecule has 0 radical (unpaired) electrons. The average molecular weight is 619 g/mol. The third-order valence-corrected chi connectivity index (χ3v) is 10.5. The second kappa shape index (κ2) is 10.3. The van der Waals surface area contributed by atoms with E-state index in [9.17, 15) is 45.0 Å². The number of thiazole rings is 1. The molecule has 11 nitrogen and oxygen atoms in total. The van der Waals surface area contributed by atoms with E-state index in [-0.39, 0.29) is 67.6 Å². The van der Waals surface area contributed by atoms with Crippen molar-refractivity contribution in [1.82, 2.24) is 24.2 Å². The summed E-state index contributed by atoms with van der Waals surface area (Å²) in [6.07, 6.45) is -10.6. The molecule has 3 saturated heterocycles. The minimum absolute atomic E-state index is 0.0420. The standard InChI is InChI=1S/C21H24F6N6O5S2/c22-20(23,24)19(35,21(25,26)27)12-6-29-17(30-7-12)32-3-2-31(40(36,37)18-28-1-4-39-18)8-14(32)9-33-13-5-16(34)15(33)11-38-10-13/h1,4,6-7,13-16,34-35H,2-3,5,8-11H2/t13-,14+,15-,16?/m0/s1. The van der Waals surface area contributed by atoms with Crippen molar-refractivity contribution in [1.29, 1.82) is 0 Å². The van der Waals surface area contributed by atoms with Gasteiger partial charge >= 0.3 is 12.4 Å². The fourth-order valence-corrected chi connectivity index (χ4v) is 7.78. The zero-order chi connectivity index (χ0) is 29.1. The van der Waals surface area contributed by atoms with Crippen molar-refractivity contribution in [2.24, 2.45) is 0 Å². The Morgan fingerprint density at radius 1 is 1.05 bits per heavy atom. The second-order valence-corrected chi connectivity index (χ2v) is 12.8. The van der Waals surface area contributed by atoms with Crippen LogP contribution in [0.2, 0.25) is 0 Å². The molecular formula is C21H24F6N6O5S2. The minimum Gasteiger partial charge on any atom is -0.391 e. The first-order valence-corrected chi connectivity index (χ1v) is 14.3. The van der Waals surface area contributed by atoms with Crippen LogP contribution in [0.5, 0.6) is 0 Å². The predicted molar refractivity (Wildman–Crippen MR) is 126 cm³/mol. The maximum absolute atomic E-state index is 13.3. The summed E-state index contributed by atoms with van der Waals surface area (Å²) in [6, 6.07) is -1.24. The van der Waals surface area contributed by atoms with E-state index in [1.807, 2.05) is 4.90 Å². The van der Waals surface area contributed by atoms with Gasteiger partial charge in [0.15, 0.2) is 0 Å². The van der Waals surface area contributed by atoms with Crippen LogP contribution < -0.4 is 4.90 Å². The van der Waals surface area contributed by atoms with Crippen LogP contribution in [0, 0.1) is 0 Å². The molecule has 40 heavy (non-hydrogen) atoms. The summed E-state index contributed by atoms with van der Waals surface area (Å²) in [5, 5.41) is 21.6. The van der Waals surface area contributed by atoms with Crippen molar-refractivity contribution < 1.29 is 49.7 Å². The Morgan fingerprint density at radius 3 is 2.30 bits per heavy atom. The van der Waals surface area contributed by atoms with E-state index in [2.05, 4.69) is 15.0 Å². The van der Waals surface area contributed by atoms with Crippen LogP contribution in [0.3, 0.4) is 0 Å². The van der Waals surface area contributed by atoms with Crippen LogP contribution in [0.25, 0.3) is 0 Å². The highest BCUT2D eigenvalue weighted by Gasteiger charge is 2.71. The lowest BCUT2D eigenvalue weighted by Crippen LogP contribution is -2.61. The molecule has 3 aliphatic rings. The Balaban J connectivity index is 1.45. The zero-order valence-corrected chi connectivity index (χ0v) is 22.1. The van der Waals surface area contributed by atoms with Gasteiger partial charge in [0.1, 0.15) is 0 Å². The number of aliphatic hydroxyl groups excluding tert-OH is 1. The number of hydrogen-bond acceptors (Lipinski definition) is 11. The normalized spacial score (nSPS) is 27.4. The van der Waals surface area contributed by atoms with Crippen LogP contribution in [0.15, 0.2) is 28.3 Å².